The molecule has 0 bridgehead atoms. The molecule has 7 nitrogen and oxygen atoms in total. The van der Waals surface area contributed by atoms with Crippen molar-refractivity contribution in [3.05, 3.63) is 88.5 Å². The highest BCUT2D eigenvalue weighted by molar-refractivity contribution is 5.93. The maximum absolute atomic E-state index is 12.9. The van der Waals surface area contributed by atoms with Gasteiger partial charge in [0, 0.05) is 38.4 Å². The molecular formula is C27H30N4O3. The van der Waals surface area contributed by atoms with E-state index < -0.39 is 11.9 Å². The summed E-state index contributed by atoms with van der Waals surface area (Å²) in [4.78, 5) is 17.7. The average molecular weight is 459 g/mol. The second-order valence-electron chi connectivity index (χ2n) is 8.42. The summed E-state index contributed by atoms with van der Waals surface area (Å²) in [6.07, 6.45) is 0. The number of hydrogen-bond acceptors (Lipinski definition) is 7. The normalized spacial score (nSPS) is 19.0. The predicted octanol–water partition coefficient (Wildman–Crippen LogP) is 3.65. The Morgan fingerprint density at radius 3 is 2.47 bits per heavy atom. The Morgan fingerprint density at radius 2 is 1.79 bits per heavy atom. The zero-order chi connectivity index (χ0) is 24.1. The van der Waals surface area contributed by atoms with Crippen LogP contribution in [0.4, 0.5) is 5.69 Å². The van der Waals surface area contributed by atoms with Gasteiger partial charge in [-0.25, -0.2) is 4.79 Å². The minimum atomic E-state index is -0.642. The Bertz CT molecular complexity index is 1140. The molecule has 4 rings (SSSR count). The van der Waals surface area contributed by atoms with Gasteiger partial charge >= 0.3 is 5.97 Å². The van der Waals surface area contributed by atoms with Crippen molar-refractivity contribution < 1.29 is 14.3 Å². The highest BCUT2D eigenvalue weighted by Crippen LogP contribution is 2.43. The number of hydrogen-bond donors (Lipinski definition) is 1. The van der Waals surface area contributed by atoms with Gasteiger partial charge in [0.05, 0.1) is 18.1 Å². The number of nitrogens with two attached hydrogens (primary N) is 1. The van der Waals surface area contributed by atoms with Gasteiger partial charge in [-0.2, -0.15) is 5.26 Å². The van der Waals surface area contributed by atoms with Crippen LogP contribution in [0.15, 0.2) is 77.4 Å². The molecule has 2 aliphatic heterocycles. The van der Waals surface area contributed by atoms with Crippen LogP contribution >= 0.6 is 0 Å². The number of nitriles is 1. The van der Waals surface area contributed by atoms with Crippen LogP contribution in [0.3, 0.4) is 0 Å². The first kappa shape index (κ1) is 23.4. The van der Waals surface area contributed by atoms with E-state index in [2.05, 4.69) is 40.1 Å². The first-order chi connectivity index (χ1) is 16.5. The van der Waals surface area contributed by atoms with Crippen molar-refractivity contribution in [1.29, 1.82) is 5.26 Å². The Labute approximate surface area is 200 Å². The zero-order valence-electron chi connectivity index (χ0n) is 19.7. The van der Waals surface area contributed by atoms with Crippen molar-refractivity contribution in [1.82, 2.24) is 4.90 Å². The Hall–Kier alpha value is -3.76. The highest BCUT2D eigenvalue weighted by atomic mass is 16.5. The van der Waals surface area contributed by atoms with Gasteiger partial charge in [-0.3, -0.25) is 4.90 Å². The fourth-order valence-corrected chi connectivity index (χ4v) is 4.67. The molecule has 0 saturated carbocycles. The van der Waals surface area contributed by atoms with Gasteiger partial charge in [-0.1, -0.05) is 48.5 Å². The number of carbonyl (C=O) groups excluding carboxylic acids is 1. The largest absolute Gasteiger partial charge is 0.463 e. The summed E-state index contributed by atoms with van der Waals surface area (Å²) in [5.74, 6) is -0.743. The van der Waals surface area contributed by atoms with Crippen molar-refractivity contribution in [2.24, 2.45) is 5.73 Å². The quantitative estimate of drug-likeness (QED) is 0.661. The van der Waals surface area contributed by atoms with E-state index in [0.717, 1.165) is 44.0 Å². The molecule has 0 aliphatic carbocycles. The van der Waals surface area contributed by atoms with Crippen LogP contribution in [0.5, 0.6) is 0 Å². The van der Waals surface area contributed by atoms with Gasteiger partial charge in [-0.05, 0) is 31.0 Å². The van der Waals surface area contributed by atoms with E-state index in [-0.39, 0.29) is 18.1 Å². The number of para-hydroxylation sites is 1. The van der Waals surface area contributed by atoms with E-state index >= 15 is 0 Å². The summed E-state index contributed by atoms with van der Waals surface area (Å²) in [5, 5.41) is 9.92. The SMILES string of the molecule is CCOC(=O)C1=C(C)OC(N)=C(C#N)C1c1ccccc1N1CCN(Cc2ccccc2)CC1. The number of anilines is 1. The molecule has 1 atom stereocenters. The molecule has 176 valence electrons. The van der Waals surface area contributed by atoms with Crippen LogP contribution in [0.25, 0.3) is 0 Å². The lowest BCUT2D eigenvalue weighted by molar-refractivity contribution is -0.139. The fourth-order valence-electron chi connectivity index (χ4n) is 4.67. The lowest BCUT2D eigenvalue weighted by Crippen LogP contribution is -2.46. The Kier molecular flexibility index (Phi) is 7.19. The molecule has 1 saturated heterocycles. The van der Waals surface area contributed by atoms with Crippen molar-refractivity contribution in [3.8, 4) is 6.07 Å². The molecule has 2 N–H and O–H groups in total. The standard InChI is InChI=1S/C27H30N4O3/c1-3-33-27(32)24-19(2)34-26(29)22(17-28)25(24)21-11-7-8-12-23(21)31-15-13-30(14-16-31)18-20-9-5-4-6-10-20/h4-12,25H,3,13-16,18,29H2,1-2H3. The molecule has 7 heteroatoms. The van der Waals surface area contributed by atoms with Gasteiger partial charge in [0.2, 0.25) is 5.88 Å². The monoisotopic (exact) mass is 458 g/mol. The van der Waals surface area contributed by atoms with Crippen molar-refractivity contribution in [2.75, 3.05) is 37.7 Å². The second-order valence-corrected chi connectivity index (χ2v) is 8.42. The van der Waals surface area contributed by atoms with E-state index in [1.54, 1.807) is 13.8 Å². The van der Waals surface area contributed by atoms with E-state index in [0.29, 0.717) is 11.3 Å². The summed E-state index contributed by atoms with van der Waals surface area (Å²) in [6.45, 7) is 8.10. The van der Waals surface area contributed by atoms with E-state index in [1.807, 2.05) is 30.3 Å². The number of esters is 1. The van der Waals surface area contributed by atoms with Crippen LogP contribution in [0, 0.1) is 11.3 Å². The predicted molar refractivity (Wildman–Crippen MR) is 130 cm³/mol. The number of rotatable bonds is 6. The lowest BCUT2D eigenvalue weighted by Gasteiger charge is -2.38. The summed E-state index contributed by atoms with van der Waals surface area (Å²) >= 11 is 0. The molecule has 0 amide bonds. The van der Waals surface area contributed by atoms with E-state index in [9.17, 15) is 10.1 Å². The van der Waals surface area contributed by atoms with Crippen LogP contribution in [0.2, 0.25) is 0 Å². The number of ether oxygens (including phenoxy) is 2. The van der Waals surface area contributed by atoms with E-state index in [4.69, 9.17) is 15.2 Å². The van der Waals surface area contributed by atoms with Crippen molar-refractivity contribution in [3.63, 3.8) is 0 Å². The third-order valence-electron chi connectivity index (χ3n) is 6.31. The number of benzene rings is 2. The molecular weight excluding hydrogens is 428 g/mol. The summed E-state index contributed by atoms with van der Waals surface area (Å²) in [7, 11) is 0. The van der Waals surface area contributed by atoms with Crippen molar-refractivity contribution in [2.45, 2.75) is 26.3 Å². The lowest BCUT2D eigenvalue weighted by atomic mass is 9.82. The topological polar surface area (TPSA) is 91.8 Å². The van der Waals surface area contributed by atoms with E-state index in [1.165, 1.54) is 5.56 Å². The molecule has 2 heterocycles. The van der Waals surface area contributed by atoms with Gasteiger partial charge in [0.15, 0.2) is 0 Å². The number of allylic oxidation sites excluding steroid dienone is 2. The highest BCUT2D eigenvalue weighted by Gasteiger charge is 2.38. The molecule has 2 aliphatic rings. The summed E-state index contributed by atoms with van der Waals surface area (Å²) in [6, 6.07) is 20.5. The maximum Gasteiger partial charge on any atom is 0.338 e. The molecule has 0 aromatic heterocycles. The molecule has 2 aromatic carbocycles. The van der Waals surface area contributed by atoms with Crippen molar-refractivity contribution >= 4 is 11.7 Å². The Balaban J connectivity index is 1.62. The Morgan fingerprint density at radius 1 is 1.12 bits per heavy atom. The fraction of sp³-hybridized carbons (Fsp3) is 0.333. The maximum atomic E-state index is 12.9. The van der Waals surface area contributed by atoms with Gasteiger partial charge in [0.1, 0.15) is 17.4 Å². The number of piperazine rings is 1. The number of nitrogens with zero attached hydrogens (tertiary/aromatic N) is 3. The minimum Gasteiger partial charge on any atom is -0.463 e. The first-order valence-electron chi connectivity index (χ1n) is 11.6. The molecule has 1 fully saturated rings. The zero-order valence-corrected chi connectivity index (χ0v) is 19.7. The second kappa shape index (κ2) is 10.4. The summed E-state index contributed by atoms with van der Waals surface area (Å²) < 4.78 is 10.9. The summed E-state index contributed by atoms with van der Waals surface area (Å²) in [5.41, 5.74) is 9.78. The van der Waals surface area contributed by atoms with Crippen LogP contribution in [-0.2, 0) is 20.8 Å². The molecule has 0 spiro atoms. The minimum absolute atomic E-state index is 0.0283. The third kappa shape index (κ3) is 4.78. The van der Waals surface area contributed by atoms with Crippen LogP contribution in [-0.4, -0.2) is 43.7 Å². The smallest absolute Gasteiger partial charge is 0.338 e. The molecule has 2 aromatic rings. The van der Waals surface area contributed by atoms with Gasteiger partial charge < -0.3 is 20.1 Å². The molecule has 1 unspecified atom stereocenters. The van der Waals surface area contributed by atoms with Crippen LogP contribution in [0.1, 0.15) is 30.9 Å². The average Bonchev–Trinajstić information content (AvgIpc) is 2.85. The number of carbonyl (C=O) groups is 1. The first-order valence-corrected chi connectivity index (χ1v) is 11.6. The van der Waals surface area contributed by atoms with Gasteiger partial charge in [-0.15, -0.1) is 0 Å². The molecule has 34 heavy (non-hydrogen) atoms. The van der Waals surface area contributed by atoms with Crippen LogP contribution < -0.4 is 10.6 Å². The van der Waals surface area contributed by atoms with Gasteiger partial charge in [0.25, 0.3) is 0 Å². The third-order valence-corrected chi connectivity index (χ3v) is 6.31. The molecule has 0 radical (unpaired) electrons.